The molecular weight excluding hydrogens is 336 g/mol. The maximum atomic E-state index is 5.53. The highest BCUT2D eigenvalue weighted by atomic mass is 16.5. The highest BCUT2D eigenvalue weighted by molar-refractivity contribution is 5.42. The van der Waals surface area contributed by atoms with E-state index in [1.165, 1.54) is 30.4 Å². The van der Waals surface area contributed by atoms with Crippen molar-refractivity contribution in [3.63, 3.8) is 0 Å². The minimum absolute atomic E-state index is 0.574. The predicted octanol–water partition coefficient (Wildman–Crippen LogP) is 3.22. The summed E-state index contributed by atoms with van der Waals surface area (Å²) in [5.41, 5.74) is 3.90. The predicted molar refractivity (Wildman–Crippen MR) is 109 cm³/mol. The number of ether oxygens (including phenoxy) is 1. The molecule has 1 unspecified atom stereocenters. The molecule has 0 spiro atoms. The molecular formula is C22H30N4O. The Kier molecular flexibility index (Phi) is 5.30. The van der Waals surface area contributed by atoms with E-state index in [-0.39, 0.29) is 0 Å². The molecule has 1 aliphatic carbocycles. The van der Waals surface area contributed by atoms with Crippen LogP contribution in [0.15, 0.2) is 24.3 Å². The first kappa shape index (κ1) is 18.2. The Balaban J connectivity index is 1.33. The lowest BCUT2D eigenvalue weighted by Crippen LogP contribution is -2.48. The Hall–Kier alpha value is -2.14. The number of methoxy groups -OCH3 is 1. The fraction of sp³-hybridized carbons (Fsp3) is 0.545. The average molecular weight is 367 g/mol. The normalized spacial score (nSPS) is 20.4. The van der Waals surface area contributed by atoms with Gasteiger partial charge >= 0.3 is 0 Å². The maximum Gasteiger partial charge on any atom is 0.132 e. The van der Waals surface area contributed by atoms with Gasteiger partial charge in [-0.1, -0.05) is 12.1 Å². The van der Waals surface area contributed by atoms with E-state index in [0.29, 0.717) is 12.1 Å². The number of fused-ring (bicyclic) bond motifs is 1. The van der Waals surface area contributed by atoms with Gasteiger partial charge in [0.1, 0.15) is 17.4 Å². The summed E-state index contributed by atoms with van der Waals surface area (Å²) in [5.74, 6) is 2.99. The van der Waals surface area contributed by atoms with Crippen LogP contribution in [0.5, 0.6) is 5.75 Å². The molecule has 5 nitrogen and oxygen atoms in total. The van der Waals surface area contributed by atoms with Gasteiger partial charge in [0.15, 0.2) is 0 Å². The van der Waals surface area contributed by atoms with E-state index in [1.807, 2.05) is 13.8 Å². The van der Waals surface area contributed by atoms with Crippen molar-refractivity contribution in [2.45, 2.75) is 58.0 Å². The Morgan fingerprint density at radius 3 is 2.63 bits per heavy atom. The standard InChI is InChI=1S/C22H30N4O/c1-15-13-22(24-16(2)23-15)26-11-9-18(10-12-26)25-19-7-8-20-17(14-19)5-4-6-21(20)27-3/h4-6,13,18-19,25H,7-12,14H2,1-3H3. The Labute approximate surface area is 162 Å². The minimum Gasteiger partial charge on any atom is -0.496 e. The third kappa shape index (κ3) is 4.08. The fourth-order valence-electron chi connectivity index (χ4n) is 4.57. The van der Waals surface area contributed by atoms with Gasteiger partial charge in [-0.2, -0.15) is 0 Å². The first-order valence-corrected chi connectivity index (χ1v) is 10.1. The molecule has 0 bridgehead atoms. The monoisotopic (exact) mass is 366 g/mol. The van der Waals surface area contributed by atoms with Gasteiger partial charge in [0.05, 0.1) is 7.11 Å². The third-order valence-corrected chi connectivity index (χ3v) is 5.90. The Bertz CT molecular complexity index is 779. The lowest BCUT2D eigenvalue weighted by Gasteiger charge is -2.36. The number of piperidine rings is 1. The summed E-state index contributed by atoms with van der Waals surface area (Å²) in [6.45, 7) is 6.14. The number of rotatable bonds is 4. The van der Waals surface area contributed by atoms with Crippen molar-refractivity contribution in [1.29, 1.82) is 0 Å². The molecule has 1 saturated heterocycles. The van der Waals surface area contributed by atoms with Crippen molar-refractivity contribution in [3.05, 3.63) is 46.9 Å². The Morgan fingerprint density at radius 1 is 1.07 bits per heavy atom. The van der Waals surface area contributed by atoms with Gasteiger partial charge < -0.3 is 15.0 Å². The summed E-state index contributed by atoms with van der Waals surface area (Å²) in [6, 6.07) is 9.73. The van der Waals surface area contributed by atoms with Crippen LogP contribution in [-0.4, -0.2) is 42.3 Å². The van der Waals surface area contributed by atoms with E-state index >= 15 is 0 Å². The van der Waals surface area contributed by atoms with Gasteiger partial charge in [-0.05, 0) is 63.1 Å². The van der Waals surface area contributed by atoms with Gasteiger partial charge in [-0.3, -0.25) is 0 Å². The summed E-state index contributed by atoms with van der Waals surface area (Å²) in [4.78, 5) is 11.4. The number of anilines is 1. The number of aromatic nitrogens is 2. The number of benzene rings is 1. The van der Waals surface area contributed by atoms with E-state index in [1.54, 1.807) is 7.11 Å². The zero-order valence-electron chi connectivity index (χ0n) is 16.7. The van der Waals surface area contributed by atoms with Crippen molar-refractivity contribution in [2.24, 2.45) is 0 Å². The fourth-order valence-corrected chi connectivity index (χ4v) is 4.57. The van der Waals surface area contributed by atoms with Crippen molar-refractivity contribution in [3.8, 4) is 5.75 Å². The summed E-state index contributed by atoms with van der Waals surface area (Å²) in [7, 11) is 1.77. The SMILES string of the molecule is COc1cccc2c1CCC(NC1CCN(c3cc(C)nc(C)n3)CC1)C2. The van der Waals surface area contributed by atoms with Crippen LogP contribution in [0.4, 0.5) is 5.82 Å². The smallest absolute Gasteiger partial charge is 0.132 e. The number of hydrogen-bond acceptors (Lipinski definition) is 5. The molecule has 0 saturated carbocycles. The highest BCUT2D eigenvalue weighted by Crippen LogP contribution is 2.30. The van der Waals surface area contributed by atoms with E-state index < -0.39 is 0 Å². The molecule has 144 valence electrons. The van der Waals surface area contributed by atoms with Crippen LogP contribution >= 0.6 is 0 Å². The number of hydrogen-bond donors (Lipinski definition) is 1. The van der Waals surface area contributed by atoms with Crippen LogP contribution in [0.3, 0.4) is 0 Å². The van der Waals surface area contributed by atoms with Crippen molar-refractivity contribution >= 4 is 5.82 Å². The summed E-state index contributed by atoms with van der Waals surface area (Å²) in [6.07, 6.45) is 5.75. The van der Waals surface area contributed by atoms with E-state index in [2.05, 4.69) is 44.5 Å². The molecule has 1 N–H and O–H groups in total. The van der Waals surface area contributed by atoms with Crippen LogP contribution in [0, 0.1) is 13.8 Å². The molecule has 0 amide bonds. The first-order valence-electron chi connectivity index (χ1n) is 10.1. The second kappa shape index (κ2) is 7.85. The van der Waals surface area contributed by atoms with Crippen LogP contribution in [0.2, 0.25) is 0 Å². The highest BCUT2D eigenvalue weighted by Gasteiger charge is 2.26. The molecule has 2 aromatic rings. The van der Waals surface area contributed by atoms with Crippen LogP contribution in [0.1, 0.15) is 41.9 Å². The zero-order chi connectivity index (χ0) is 18.8. The zero-order valence-corrected chi connectivity index (χ0v) is 16.7. The van der Waals surface area contributed by atoms with Crippen LogP contribution in [0.25, 0.3) is 0 Å². The van der Waals surface area contributed by atoms with E-state index in [4.69, 9.17) is 4.74 Å². The van der Waals surface area contributed by atoms with Gasteiger partial charge in [0.2, 0.25) is 0 Å². The molecule has 0 radical (unpaired) electrons. The largest absolute Gasteiger partial charge is 0.496 e. The molecule has 1 aromatic carbocycles. The molecule has 2 heterocycles. The second-order valence-electron chi connectivity index (χ2n) is 7.88. The molecule has 1 aromatic heterocycles. The second-order valence-corrected chi connectivity index (χ2v) is 7.88. The van der Waals surface area contributed by atoms with E-state index in [0.717, 1.165) is 49.0 Å². The molecule has 4 rings (SSSR count). The maximum absolute atomic E-state index is 5.53. The van der Waals surface area contributed by atoms with Crippen molar-refractivity contribution in [1.82, 2.24) is 15.3 Å². The van der Waals surface area contributed by atoms with Crippen molar-refractivity contribution < 1.29 is 4.74 Å². The molecule has 1 atom stereocenters. The van der Waals surface area contributed by atoms with Gasteiger partial charge in [-0.25, -0.2) is 9.97 Å². The lowest BCUT2D eigenvalue weighted by molar-refractivity contribution is 0.340. The van der Waals surface area contributed by atoms with Gasteiger partial charge in [0.25, 0.3) is 0 Å². The Morgan fingerprint density at radius 2 is 1.89 bits per heavy atom. The van der Waals surface area contributed by atoms with Crippen LogP contribution < -0.4 is 15.0 Å². The quantitative estimate of drug-likeness (QED) is 0.900. The lowest BCUT2D eigenvalue weighted by atomic mass is 9.87. The van der Waals surface area contributed by atoms with E-state index in [9.17, 15) is 0 Å². The molecule has 27 heavy (non-hydrogen) atoms. The van der Waals surface area contributed by atoms with Gasteiger partial charge in [0, 0.05) is 36.9 Å². The summed E-state index contributed by atoms with van der Waals surface area (Å²) < 4.78 is 5.53. The van der Waals surface area contributed by atoms with Crippen molar-refractivity contribution in [2.75, 3.05) is 25.1 Å². The van der Waals surface area contributed by atoms with Gasteiger partial charge in [-0.15, -0.1) is 0 Å². The average Bonchev–Trinajstić information content (AvgIpc) is 2.67. The molecule has 1 aliphatic heterocycles. The molecule has 5 heteroatoms. The number of aryl methyl sites for hydroxylation is 2. The third-order valence-electron chi connectivity index (χ3n) is 5.90. The minimum atomic E-state index is 0.574. The number of nitrogens with one attached hydrogen (secondary N) is 1. The van der Waals surface area contributed by atoms with Crippen LogP contribution in [-0.2, 0) is 12.8 Å². The molecule has 2 aliphatic rings. The summed E-state index contributed by atoms with van der Waals surface area (Å²) in [5, 5.41) is 3.93. The summed E-state index contributed by atoms with van der Waals surface area (Å²) >= 11 is 0. The number of nitrogens with zero attached hydrogens (tertiary/aromatic N) is 3. The topological polar surface area (TPSA) is 50.3 Å². The first-order chi connectivity index (χ1) is 13.1. The molecule has 1 fully saturated rings.